The van der Waals surface area contributed by atoms with Gasteiger partial charge >= 0.3 is 0 Å². The molecule has 0 amide bonds. The number of rotatable bonds is 8. The summed E-state index contributed by atoms with van der Waals surface area (Å²) in [5.41, 5.74) is 6.98. The van der Waals surface area contributed by atoms with E-state index < -0.39 is 0 Å². The number of likely N-dealkylation sites (tertiary alicyclic amines) is 1. The molecule has 1 saturated heterocycles. The molecule has 0 aromatic heterocycles. The van der Waals surface area contributed by atoms with Gasteiger partial charge in [-0.3, -0.25) is 9.80 Å². The number of aryl methyl sites for hydroxylation is 2. The molecule has 2 aliphatic heterocycles. The van der Waals surface area contributed by atoms with Gasteiger partial charge in [-0.15, -0.1) is 0 Å². The second-order valence-electron chi connectivity index (χ2n) is 10.6. The lowest BCUT2D eigenvalue weighted by molar-refractivity contribution is 0.157. The Morgan fingerprint density at radius 1 is 0.833 bits per heavy atom. The number of benzene rings is 3. The summed E-state index contributed by atoms with van der Waals surface area (Å²) in [5.74, 6) is 1.78. The van der Waals surface area contributed by atoms with Crippen molar-refractivity contribution >= 4 is 11.6 Å². The van der Waals surface area contributed by atoms with Crippen LogP contribution in [-0.2, 0) is 26.1 Å². The maximum absolute atomic E-state index is 6.36. The molecule has 2 heterocycles. The van der Waals surface area contributed by atoms with E-state index >= 15 is 0 Å². The molecule has 0 bridgehead atoms. The molecule has 0 unspecified atom stereocenters. The summed E-state index contributed by atoms with van der Waals surface area (Å²) >= 11 is 6.36. The molecule has 0 atom stereocenters. The van der Waals surface area contributed by atoms with Crippen LogP contribution in [0.4, 0.5) is 0 Å². The normalized spacial score (nSPS) is 17.5. The second kappa shape index (κ2) is 12.3. The molecule has 5 rings (SSSR count). The van der Waals surface area contributed by atoms with Gasteiger partial charge in [0.25, 0.3) is 0 Å². The molecule has 3 aromatic carbocycles. The number of piperidine rings is 1. The van der Waals surface area contributed by atoms with Crippen molar-refractivity contribution < 1.29 is 4.74 Å². The predicted molar refractivity (Wildman–Crippen MR) is 150 cm³/mol. The number of fused-ring (bicyclic) bond motifs is 1. The highest BCUT2D eigenvalue weighted by Gasteiger charge is 2.20. The fourth-order valence-corrected chi connectivity index (χ4v) is 5.90. The first kappa shape index (κ1) is 25.3. The number of halogens is 1. The SMILES string of the molecule is Cc1ccccc1CN1CCCc2ccc(OCCC3CCN(Cc4ccccc4Cl)CC3)cc2C1. The zero-order valence-corrected chi connectivity index (χ0v) is 22.4. The summed E-state index contributed by atoms with van der Waals surface area (Å²) in [5, 5.41) is 0.882. The summed E-state index contributed by atoms with van der Waals surface area (Å²) in [4.78, 5) is 5.13. The van der Waals surface area contributed by atoms with Crippen molar-refractivity contribution in [2.75, 3.05) is 26.2 Å². The number of ether oxygens (including phenoxy) is 1. The van der Waals surface area contributed by atoms with Crippen LogP contribution in [0.5, 0.6) is 5.75 Å². The van der Waals surface area contributed by atoms with Crippen LogP contribution in [0, 0.1) is 12.8 Å². The van der Waals surface area contributed by atoms with Crippen LogP contribution < -0.4 is 4.74 Å². The van der Waals surface area contributed by atoms with Crippen molar-refractivity contribution in [2.24, 2.45) is 5.92 Å². The smallest absolute Gasteiger partial charge is 0.119 e. The van der Waals surface area contributed by atoms with E-state index in [0.717, 1.165) is 75.4 Å². The quantitative estimate of drug-likeness (QED) is 0.322. The van der Waals surface area contributed by atoms with E-state index in [9.17, 15) is 0 Å². The van der Waals surface area contributed by atoms with Gasteiger partial charge < -0.3 is 4.74 Å². The highest BCUT2D eigenvalue weighted by molar-refractivity contribution is 6.31. The molecule has 0 saturated carbocycles. The summed E-state index contributed by atoms with van der Waals surface area (Å²) in [6.07, 6.45) is 6.00. The summed E-state index contributed by atoms with van der Waals surface area (Å²) in [6.45, 7) is 9.44. The van der Waals surface area contributed by atoms with Crippen LogP contribution in [0.25, 0.3) is 0 Å². The van der Waals surface area contributed by atoms with Gasteiger partial charge in [0.1, 0.15) is 5.75 Å². The Balaban J connectivity index is 1.09. The first-order valence-electron chi connectivity index (χ1n) is 13.6. The maximum atomic E-state index is 6.36. The number of nitrogens with zero attached hydrogens (tertiary/aromatic N) is 2. The molecule has 0 spiro atoms. The molecule has 0 aliphatic carbocycles. The van der Waals surface area contributed by atoms with Crippen molar-refractivity contribution in [3.05, 3.63) is 99.6 Å². The topological polar surface area (TPSA) is 15.7 Å². The minimum atomic E-state index is 0.748. The van der Waals surface area contributed by atoms with Crippen LogP contribution in [0.15, 0.2) is 66.7 Å². The largest absolute Gasteiger partial charge is 0.494 e. The molecule has 4 heteroatoms. The third-order valence-electron chi connectivity index (χ3n) is 8.00. The maximum Gasteiger partial charge on any atom is 0.119 e. The average Bonchev–Trinajstić information content (AvgIpc) is 3.09. The molecule has 0 radical (unpaired) electrons. The number of hydrogen-bond acceptors (Lipinski definition) is 3. The standard InChI is InChI=1S/C32H39ClN2O/c1-25-7-2-3-8-28(25)22-35-17-6-10-27-12-13-31(21-30(27)24-35)36-20-16-26-14-18-34(19-15-26)23-29-9-4-5-11-32(29)33/h2-5,7-9,11-13,21,26H,6,10,14-20,22-24H2,1H3. The van der Waals surface area contributed by atoms with Gasteiger partial charge in [0.2, 0.25) is 0 Å². The molecule has 3 aromatic rings. The van der Waals surface area contributed by atoms with Crippen molar-refractivity contribution in [1.82, 2.24) is 9.80 Å². The zero-order valence-electron chi connectivity index (χ0n) is 21.6. The molecule has 0 N–H and O–H groups in total. The van der Waals surface area contributed by atoms with Crippen LogP contribution in [0.3, 0.4) is 0 Å². The fraction of sp³-hybridized carbons (Fsp3) is 0.438. The predicted octanol–water partition coefficient (Wildman–Crippen LogP) is 7.28. The Bertz CT molecular complexity index is 1140. The zero-order chi connectivity index (χ0) is 24.7. The van der Waals surface area contributed by atoms with Crippen molar-refractivity contribution in [3.63, 3.8) is 0 Å². The van der Waals surface area contributed by atoms with E-state index in [4.69, 9.17) is 16.3 Å². The summed E-state index contributed by atoms with van der Waals surface area (Å²) < 4.78 is 6.28. The molecule has 36 heavy (non-hydrogen) atoms. The highest BCUT2D eigenvalue weighted by Crippen LogP contribution is 2.27. The summed E-state index contributed by atoms with van der Waals surface area (Å²) in [7, 11) is 0. The lowest BCUT2D eigenvalue weighted by Gasteiger charge is -2.32. The average molecular weight is 503 g/mol. The minimum Gasteiger partial charge on any atom is -0.494 e. The molecule has 190 valence electrons. The second-order valence-corrected chi connectivity index (χ2v) is 11.0. The van der Waals surface area contributed by atoms with Crippen LogP contribution in [0.1, 0.15) is 53.5 Å². The van der Waals surface area contributed by atoms with Crippen molar-refractivity contribution in [3.8, 4) is 5.75 Å². The summed E-state index contributed by atoms with van der Waals surface area (Å²) in [6, 6.07) is 23.8. The Hall–Kier alpha value is -2.33. The third-order valence-corrected chi connectivity index (χ3v) is 8.37. The van der Waals surface area contributed by atoms with E-state index in [1.165, 1.54) is 47.1 Å². The van der Waals surface area contributed by atoms with E-state index in [0.29, 0.717) is 0 Å². The van der Waals surface area contributed by atoms with Gasteiger partial charge in [-0.25, -0.2) is 0 Å². The van der Waals surface area contributed by atoms with Crippen molar-refractivity contribution in [1.29, 1.82) is 0 Å². The monoisotopic (exact) mass is 502 g/mol. The van der Waals surface area contributed by atoms with Gasteiger partial charge in [-0.05, 0) is 111 Å². The Kier molecular flexibility index (Phi) is 8.63. The molecule has 3 nitrogen and oxygen atoms in total. The lowest BCUT2D eigenvalue weighted by atomic mass is 9.93. The van der Waals surface area contributed by atoms with E-state index in [-0.39, 0.29) is 0 Å². The van der Waals surface area contributed by atoms with E-state index in [1.54, 1.807) is 0 Å². The third kappa shape index (κ3) is 6.70. The fourth-order valence-electron chi connectivity index (χ4n) is 5.70. The molecular weight excluding hydrogens is 464 g/mol. The molecule has 1 fully saturated rings. The Labute approximate surface area is 222 Å². The van der Waals surface area contributed by atoms with Gasteiger partial charge in [0, 0.05) is 24.7 Å². The lowest BCUT2D eigenvalue weighted by Crippen LogP contribution is -2.33. The van der Waals surface area contributed by atoms with Gasteiger partial charge in [0.15, 0.2) is 0 Å². The van der Waals surface area contributed by atoms with Crippen LogP contribution >= 0.6 is 11.6 Å². The number of hydrogen-bond donors (Lipinski definition) is 0. The van der Waals surface area contributed by atoms with Crippen molar-refractivity contribution in [2.45, 2.75) is 58.7 Å². The molecule has 2 aliphatic rings. The van der Waals surface area contributed by atoms with Gasteiger partial charge in [-0.1, -0.05) is 60.1 Å². The van der Waals surface area contributed by atoms with Crippen LogP contribution in [0.2, 0.25) is 5.02 Å². The molecular formula is C32H39ClN2O. The Morgan fingerprint density at radius 3 is 2.39 bits per heavy atom. The van der Waals surface area contributed by atoms with E-state index in [1.807, 2.05) is 12.1 Å². The van der Waals surface area contributed by atoms with Gasteiger partial charge in [0.05, 0.1) is 6.61 Å². The van der Waals surface area contributed by atoms with E-state index in [2.05, 4.69) is 71.3 Å². The van der Waals surface area contributed by atoms with Crippen LogP contribution in [-0.4, -0.2) is 36.0 Å². The Morgan fingerprint density at radius 2 is 1.58 bits per heavy atom. The first-order valence-corrected chi connectivity index (χ1v) is 14.0. The van der Waals surface area contributed by atoms with Gasteiger partial charge in [-0.2, -0.15) is 0 Å². The minimum absolute atomic E-state index is 0.748. The highest BCUT2D eigenvalue weighted by atomic mass is 35.5. The first-order chi connectivity index (χ1) is 17.6.